The van der Waals surface area contributed by atoms with E-state index in [0.29, 0.717) is 23.8 Å². The third-order valence-corrected chi connectivity index (χ3v) is 7.06. The zero-order valence-electron chi connectivity index (χ0n) is 16.6. The summed E-state index contributed by atoms with van der Waals surface area (Å²) in [6.45, 7) is 8.15. The lowest BCUT2D eigenvalue weighted by Crippen LogP contribution is -2.64. The van der Waals surface area contributed by atoms with Crippen molar-refractivity contribution in [3.05, 3.63) is 65.7 Å². The molecule has 144 valence electrons. The van der Waals surface area contributed by atoms with Crippen molar-refractivity contribution in [1.82, 2.24) is 10.2 Å². The van der Waals surface area contributed by atoms with Gasteiger partial charge in [-0.15, -0.1) is 0 Å². The first-order valence-electron chi connectivity index (χ1n) is 10.4. The molecule has 3 nitrogen and oxygen atoms in total. The van der Waals surface area contributed by atoms with Gasteiger partial charge >= 0.3 is 0 Å². The van der Waals surface area contributed by atoms with Gasteiger partial charge in [-0.25, -0.2) is 0 Å². The normalized spacial score (nSPS) is 31.4. The average Bonchev–Trinajstić information content (AvgIpc) is 2.68. The molecular formula is C24H32N2O. The first-order chi connectivity index (χ1) is 13.1. The van der Waals surface area contributed by atoms with Crippen molar-refractivity contribution in [3.63, 3.8) is 0 Å². The summed E-state index contributed by atoms with van der Waals surface area (Å²) >= 11 is 0. The van der Waals surface area contributed by atoms with Crippen LogP contribution in [0.4, 0.5) is 0 Å². The molecule has 0 radical (unpaired) electrons. The molecule has 2 aliphatic heterocycles. The number of hydrogen-bond donors (Lipinski definition) is 2. The van der Waals surface area contributed by atoms with Crippen molar-refractivity contribution in [2.24, 2.45) is 5.92 Å². The van der Waals surface area contributed by atoms with Crippen LogP contribution in [-0.2, 0) is 11.8 Å². The van der Waals surface area contributed by atoms with E-state index in [0.717, 1.165) is 32.5 Å². The monoisotopic (exact) mass is 364 g/mol. The quantitative estimate of drug-likeness (QED) is 0.862. The van der Waals surface area contributed by atoms with E-state index >= 15 is 0 Å². The number of phenolic OH excluding ortho intramolecular Hbond substituents is 1. The fourth-order valence-corrected chi connectivity index (χ4v) is 5.16. The molecule has 2 fully saturated rings. The second-order valence-electron chi connectivity index (χ2n) is 8.72. The summed E-state index contributed by atoms with van der Waals surface area (Å²) < 4.78 is 0. The Morgan fingerprint density at radius 2 is 1.96 bits per heavy atom. The molecule has 2 N–H and O–H groups in total. The highest BCUT2D eigenvalue weighted by Gasteiger charge is 2.46. The van der Waals surface area contributed by atoms with Crippen LogP contribution in [0, 0.1) is 5.92 Å². The molecule has 0 aliphatic carbocycles. The first kappa shape index (κ1) is 18.5. The second kappa shape index (κ2) is 7.65. The largest absolute Gasteiger partial charge is 0.508 e. The molecule has 3 heteroatoms. The summed E-state index contributed by atoms with van der Waals surface area (Å²) in [6, 6.07) is 19.9. The van der Waals surface area contributed by atoms with Gasteiger partial charge in [0.25, 0.3) is 0 Å². The van der Waals surface area contributed by atoms with Crippen LogP contribution in [0.2, 0.25) is 0 Å². The van der Waals surface area contributed by atoms with Crippen LogP contribution in [0.3, 0.4) is 0 Å². The Labute approximate surface area is 163 Å². The SMILES string of the molecule is C[C@H]1CN2CCNC(CCc3ccccc3)[C@H]2C[C@@]1(C)c1cccc(O)c1. The summed E-state index contributed by atoms with van der Waals surface area (Å²) in [5.41, 5.74) is 2.81. The Morgan fingerprint density at radius 3 is 2.74 bits per heavy atom. The van der Waals surface area contributed by atoms with E-state index in [1.165, 1.54) is 17.5 Å². The molecule has 4 rings (SSSR count). The lowest BCUT2D eigenvalue weighted by atomic mass is 9.64. The number of phenols is 1. The topological polar surface area (TPSA) is 35.5 Å². The number of hydrogen-bond acceptors (Lipinski definition) is 3. The van der Waals surface area contributed by atoms with Crippen molar-refractivity contribution in [3.8, 4) is 5.75 Å². The number of aromatic hydroxyl groups is 1. The van der Waals surface area contributed by atoms with Gasteiger partial charge < -0.3 is 10.4 Å². The van der Waals surface area contributed by atoms with Gasteiger partial charge in [0.15, 0.2) is 0 Å². The van der Waals surface area contributed by atoms with Crippen LogP contribution >= 0.6 is 0 Å². The Bertz CT molecular complexity index is 762. The van der Waals surface area contributed by atoms with Gasteiger partial charge in [-0.3, -0.25) is 4.90 Å². The van der Waals surface area contributed by atoms with Crippen LogP contribution < -0.4 is 5.32 Å². The molecule has 0 bridgehead atoms. The minimum Gasteiger partial charge on any atom is -0.508 e. The van der Waals surface area contributed by atoms with Gasteiger partial charge in [-0.05, 0) is 53.9 Å². The third kappa shape index (κ3) is 3.76. The summed E-state index contributed by atoms with van der Waals surface area (Å²) in [4.78, 5) is 2.71. The van der Waals surface area contributed by atoms with E-state index < -0.39 is 0 Å². The van der Waals surface area contributed by atoms with Gasteiger partial charge in [0, 0.05) is 31.7 Å². The minimum atomic E-state index is 0.101. The number of benzene rings is 2. The molecule has 1 unspecified atom stereocenters. The van der Waals surface area contributed by atoms with E-state index in [4.69, 9.17) is 0 Å². The minimum absolute atomic E-state index is 0.101. The fourth-order valence-electron chi connectivity index (χ4n) is 5.16. The molecular weight excluding hydrogens is 332 g/mol. The van der Waals surface area contributed by atoms with Crippen LogP contribution in [0.15, 0.2) is 54.6 Å². The summed E-state index contributed by atoms with van der Waals surface area (Å²) in [7, 11) is 0. The molecule has 27 heavy (non-hydrogen) atoms. The van der Waals surface area contributed by atoms with Crippen LogP contribution in [0.5, 0.6) is 5.75 Å². The van der Waals surface area contributed by atoms with Gasteiger partial charge in [0.05, 0.1) is 0 Å². The third-order valence-electron chi connectivity index (χ3n) is 7.06. The number of nitrogens with one attached hydrogen (secondary N) is 1. The van der Waals surface area contributed by atoms with Gasteiger partial charge in [-0.2, -0.15) is 0 Å². The molecule has 2 saturated heterocycles. The Kier molecular flexibility index (Phi) is 5.25. The zero-order valence-corrected chi connectivity index (χ0v) is 16.6. The van der Waals surface area contributed by atoms with Gasteiger partial charge in [-0.1, -0.05) is 56.3 Å². The van der Waals surface area contributed by atoms with Crippen molar-refractivity contribution in [2.75, 3.05) is 19.6 Å². The Balaban J connectivity index is 1.53. The lowest BCUT2D eigenvalue weighted by molar-refractivity contribution is 0.0128. The number of nitrogens with zero attached hydrogens (tertiary/aromatic N) is 1. The number of piperazine rings is 1. The smallest absolute Gasteiger partial charge is 0.115 e. The van der Waals surface area contributed by atoms with Crippen LogP contribution in [-0.4, -0.2) is 41.7 Å². The number of aryl methyl sites for hydroxylation is 1. The molecule has 2 heterocycles. The highest BCUT2D eigenvalue weighted by molar-refractivity contribution is 5.34. The number of rotatable bonds is 4. The van der Waals surface area contributed by atoms with Crippen LogP contribution in [0.1, 0.15) is 37.8 Å². The maximum absolute atomic E-state index is 10.0. The second-order valence-corrected chi connectivity index (χ2v) is 8.72. The van der Waals surface area contributed by atoms with Gasteiger partial charge in [0.1, 0.15) is 5.75 Å². The molecule has 2 aromatic rings. The summed E-state index contributed by atoms with van der Waals surface area (Å²) in [6.07, 6.45) is 3.45. The maximum Gasteiger partial charge on any atom is 0.115 e. The zero-order chi connectivity index (χ0) is 18.9. The lowest BCUT2D eigenvalue weighted by Gasteiger charge is -2.54. The first-order valence-corrected chi connectivity index (χ1v) is 10.4. The van der Waals surface area contributed by atoms with E-state index in [1.807, 2.05) is 12.1 Å². The maximum atomic E-state index is 10.0. The van der Waals surface area contributed by atoms with E-state index in [2.05, 4.69) is 60.5 Å². The predicted molar refractivity (Wildman–Crippen MR) is 111 cm³/mol. The van der Waals surface area contributed by atoms with Crippen molar-refractivity contribution in [1.29, 1.82) is 0 Å². The fraction of sp³-hybridized carbons (Fsp3) is 0.500. The molecule has 0 amide bonds. The Morgan fingerprint density at radius 1 is 1.15 bits per heavy atom. The van der Waals surface area contributed by atoms with Crippen LogP contribution in [0.25, 0.3) is 0 Å². The summed E-state index contributed by atoms with van der Waals surface area (Å²) in [5.74, 6) is 0.953. The molecule has 2 aliphatic rings. The highest BCUT2D eigenvalue weighted by atomic mass is 16.3. The van der Waals surface area contributed by atoms with Crippen molar-refractivity contribution < 1.29 is 5.11 Å². The predicted octanol–water partition coefficient (Wildman–Crippen LogP) is 3.96. The van der Waals surface area contributed by atoms with Crippen molar-refractivity contribution in [2.45, 2.75) is 50.6 Å². The number of piperidine rings is 1. The Hall–Kier alpha value is -1.84. The van der Waals surface area contributed by atoms with Crippen molar-refractivity contribution >= 4 is 0 Å². The molecule has 0 aromatic heterocycles. The average molecular weight is 365 g/mol. The van der Waals surface area contributed by atoms with E-state index in [9.17, 15) is 5.11 Å². The van der Waals surface area contributed by atoms with E-state index in [-0.39, 0.29) is 5.41 Å². The molecule has 4 atom stereocenters. The molecule has 0 spiro atoms. The van der Waals surface area contributed by atoms with Gasteiger partial charge in [0.2, 0.25) is 0 Å². The standard InChI is InChI=1S/C24H32N2O/c1-18-17-26-14-13-25-22(12-11-19-7-4-3-5-8-19)23(26)16-24(18,2)20-9-6-10-21(27)15-20/h3-10,15,18,22-23,25,27H,11-14,16-17H2,1-2H3/t18-,22?,23+,24+/m0/s1. The number of fused-ring (bicyclic) bond motifs is 1. The molecule has 0 saturated carbocycles. The molecule has 2 aromatic carbocycles. The van der Waals surface area contributed by atoms with E-state index in [1.54, 1.807) is 6.07 Å². The highest BCUT2D eigenvalue weighted by Crippen LogP contribution is 2.44. The summed E-state index contributed by atoms with van der Waals surface area (Å²) in [5, 5.41) is 13.8.